The smallest absolute Gasteiger partial charge is 0.311 e. The zero-order valence-electron chi connectivity index (χ0n) is 36.0. The van der Waals surface area contributed by atoms with Crippen LogP contribution in [0.1, 0.15) is 137 Å². The van der Waals surface area contributed by atoms with Crippen LogP contribution in [-0.2, 0) is 9.53 Å². The molecule has 0 aliphatic rings. The molecule has 3 aromatic rings. The molecular formula is C46H68N6O6. The maximum atomic E-state index is 12.7. The molecule has 318 valence electrons. The summed E-state index contributed by atoms with van der Waals surface area (Å²) in [4.78, 5) is 25.5. The van der Waals surface area contributed by atoms with Crippen LogP contribution in [0.15, 0.2) is 81.1 Å². The van der Waals surface area contributed by atoms with Gasteiger partial charge in [0.05, 0.1) is 42.5 Å². The Morgan fingerprint density at radius 1 is 0.638 bits per heavy atom. The summed E-state index contributed by atoms with van der Waals surface area (Å²) in [6, 6.07) is 17.0. The van der Waals surface area contributed by atoms with Gasteiger partial charge in [0, 0.05) is 36.5 Å². The van der Waals surface area contributed by atoms with E-state index in [1.54, 1.807) is 12.1 Å². The lowest BCUT2D eigenvalue weighted by Gasteiger charge is -2.26. The van der Waals surface area contributed by atoms with Crippen LogP contribution < -0.4 is 14.4 Å². The van der Waals surface area contributed by atoms with Crippen LogP contribution in [0.4, 0.5) is 34.1 Å². The summed E-state index contributed by atoms with van der Waals surface area (Å²) < 4.78 is 16.8. The number of methoxy groups -OCH3 is 2. The molecule has 0 aliphatic carbocycles. The maximum absolute atomic E-state index is 12.7. The molecule has 3 aromatic carbocycles. The van der Waals surface area contributed by atoms with Crippen molar-refractivity contribution in [3.8, 4) is 11.5 Å². The number of benzene rings is 3. The van der Waals surface area contributed by atoms with E-state index in [0.29, 0.717) is 47.4 Å². The topological polar surface area (TPSA) is 141 Å². The maximum Gasteiger partial charge on any atom is 0.311 e. The zero-order valence-corrected chi connectivity index (χ0v) is 36.0. The second kappa shape index (κ2) is 26.9. The first-order valence-corrected chi connectivity index (χ1v) is 21.5. The van der Waals surface area contributed by atoms with E-state index in [1.165, 1.54) is 135 Å². The van der Waals surface area contributed by atoms with Crippen molar-refractivity contribution < 1.29 is 23.9 Å². The van der Waals surface area contributed by atoms with E-state index in [-0.39, 0.29) is 11.7 Å². The highest BCUT2D eigenvalue weighted by Crippen LogP contribution is 2.41. The fourth-order valence-corrected chi connectivity index (χ4v) is 6.43. The molecule has 3 rings (SSSR count). The average Bonchev–Trinajstić information content (AvgIpc) is 3.24. The van der Waals surface area contributed by atoms with Crippen molar-refractivity contribution in [2.24, 2.45) is 25.9 Å². The standard InChI is InChI=1S/C46H68N6O6/c1-7-9-10-11-12-13-14-15-16-17-18-19-20-21-22-23-32-51(33-34-58-45(53)46(3,4)8-2)39-28-24-37(25-29-39)47-49-41-35-44(57-6)42(36-43(41)56-5)50-48-38-26-30-40(31-27-38)52(54)55/h24-31,35-36H,7-23,32-34H2,1-6H3/b49-47+,50-48+. The Balaban J connectivity index is 1.55. The van der Waals surface area contributed by atoms with E-state index in [4.69, 9.17) is 14.2 Å². The number of hydrogen-bond acceptors (Lipinski definition) is 11. The lowest BCUT2D eigenvalue weighted by atomic mass is 9.91. The molecule has 0 amide bonds. The molecule has 0 N–H and O–H groups in total. The van der Waals surface area contributed by atoms with Crippen LogP contribution in [0.5, 0.6) is 11.5 Å². The Morgan fingerprint density at radius 3 is 1.48 bits per heavy atom. The van der Waals surface area contributed by atoms with Crippen LogP contribution in [0.25, 0.3) is 0 Å². The van der Waals surface area contributed by atoms with Gasteiger partial charge in [0.15, 0.2) is 0 Å². The van der Waals surface area contributed by atoms with Gasteiger partial charge in [-0.05, 0) is 63.1 Å². The van der Waals surface area contributed by atoms with E-state index in [9.17, 15) is 14.9 Å². The number of hydrogen-bond donors (Lipinski definition) is 0. The van der Waals surface area contributed by atoms with Crippen molar-refractivity contribution >= 4 is 40.1 Å². The van der Waals surface area contributed by atoms with Crippen LogP contribution in [0.3, 0.4) is 0 Å². The number of ether oxygens (including phenoxy) is 3. The number of carbonyl (C=O) groups excluding carboxylic acids is 1. The molecule has 0 aromatic heterocycles. The lowest BCUT2D eigenvalue weighted by molar-refractivity contribution is -0.384. The first-order chi connectivity index (χ1) is 28.1. The number of non-ortho nitro benzene ring substituents is 1. The molecule has 0 unspecified atom stereocenters. The monoisotopic (exact) mass is 801 g/mol. The summed E-state index contributed by atoms with van der Waals surface area (Å²) in [6.45, 7) is 9.93. The van der Waals surface area contributed by atoms with Crippen molar-refractivity contribution in [3.05, 3.63) is 70.8 Å². The highest BCUT2D eigenvalue weighted by Gasteiger charge is 2.27. The summed E-state index contributed by atoms with van der Waals surface area (Å²) in [5, 5.41) is 28.3. The molecule has 0 fully saturated rings. The Hall–Kier alpha value is -4.87. The van der Waals surface area contributed by atoms with E-state index >= 15 is 0 Å². The molecule has 58 heavy (non-hydrogen) atoms. The van der Waals surface area contributed by atoms with Crippen LogP contribution in [-0.4, -0.2) is 44.8 Å². The number of carbonyl (C=O) groups is 1. The van der Waals surface area contributed by atoms with Crippen molar-refractivity contribution in [1.82, 2.24) is 0 Å². The number of nitro groups is 1. The number of anilines is 1. The molecule has 0 atom stereocenters. The normalized spacial score (nSPS) is 11.7. The minimum Gasteiger partial charge on any atom is -0.494 e. The molecule has 12 heteroatoms. The predicted molar refractivity (Wildman–Crippen MR) is 234 cm³/mol. The number of esters is 1. The third-order valence-corrected chi connectivity index (χ3v) is 10.6. The average molecular weight is 801 g/mol. The van der Waals surface area contributed by atoms with Crippen LogP contribution >= 0.6 is 0 Å². The highest BCUT2D eigenvalue weighted by molar-refractivity contribution is 5.75. The van der Waals surface area contributed by atoms with Gasteiger partial charge in [-0.2, -0.15) is 10.2 Å². The number of azo groups is 2. The van der Waals surface area contributed by atoms with E-state index in [1.807, 2.05) is 45.0 Å². The zero-order chi connectivity index (χ0) is 42.0. The summed E-state index contributed by atoms with van der Waals surface area (Å²) in [5.41, 5.74) is 2.45. The molecule has 0 saturated carbocycles. The Kier molecular flexibility index (Phi) is 22.1. The SMILES string of the molecule is CCCCCCCCCCCCCCCCCCN(CCOC(=O)C(C)(C)CC)c1ccc(/N=N/c2cc(OC)c(/N=N/c3ccc([N+](=O)[O-])cc3)cc2OC)cc1. The molecule has 0 heterocycles. The van der Waals surface area contributed by atoms with Gasteiger partial charge in [0.2, 0.25) is 0 Å². The summed E-state index contributed by atoms with van der Waals surface area (Å²) in [5.74, 6) is 0.661. The summed E-state index contributed by atoms with van der Waals surface area (Å²) in [7, 11) is 3.05. The fourth-order valence-electron chi connectivity index (χ4n) is 6.43. The van der Waals surface area contributed by atoms with E-state index < -0.39 is 10.3 Å². The van der Waals surface area contributed by atoms with Gasteiger partial charge < -0.3 is 19.1 Å². The van der Waals surface area contributed by atoms with Gasteiger partial charge in [0.1, 0.15) is 29.5 Å². The van der Waals surface area contributed by atoms with Crippen molar-refractivity contribution in [1.29, 1.82) is 0 Å². The van der Waals surface area contributed by atoms with Gasteiger partial charge >= 0.3 is 5.97 Å². The lowest BCUT2D eigenvalue weighted by Crippen LogP contribution is -2.32. The van der Waals surface area contributed by atoms with Gasteiger partial charge in [0.25, 0.3) is 5.69 Å². The van der Waals surface area contributed by atoms with Gasteiger partial charge in [-0.25, -0.2) is 0 Å². The first kappa shape index (κ1) is 47.5. The van der Waals surface area contributed by atoms with Gasteiger partial charge in [-0.1, -0.05) is 110 Å². The number of unbranched alkanes of at least 4 members (excludes halogenated alkanes) is 15. The predicted octanol–water partition coefficient (Wildman–Crippen LogP) is 14.5. The number of rotatable bonds is 30. The molecule has 0 radical (unpaired) electrons. The highest BCUT2D eigenvalue weighted by atomic mass is 16.6. The summed E-state index contributed by atoms with van der Waals surface area (Å²) in [6.07, 6.45) is 22.0. The molecule has 0 bridgehead atoms. The van der Waals surface area contributed by atoms with Crippen LogP contribution in [0.2, 0.25) is 0 Å². The second-order valence-electron chi connectivity index (χ2n) is 15.5. The molecule has 12 nitrogen and oxygen atoms in total. The van der Waals surface area contributed by atoms with Crippen molar-refractivity contribution in [2.45, 2.75) is 137 Å². The van der Waals surface area contributed by atoms with E-state index in [0.717, 1.165) is 25.1 Å². The number of nitrogens with zero attached hydrogens (tertiary/aromatic N) is 6. The molecular weight excluding hydrogens is 733 g/mol. The van der Waals surface area contributed by atoms with Crippen molar-refractivity contribution in [3.63, 3.8) is 0 Å². The number of nitro benzene ring substituents is 1. The molecule has 0 spiro atoms. The Labute approximate surface area is 347 Å². The van der Waals surface area contributed by atoms with E-state index in [2.05, 4.69) is 32.3 Å². The molecule has 0 aliphatic heterocycles. The molecule has 0 saturated heterocycles. The minimum atomic E-state index is -0.502. The van der Waals surface area contributed by atoms with Crippen molar-refractivity contribution in [2.75, 3.05) is 38.8 Å². The van der Waals surface area contributed by atoms with Crippen LogP contribution in [0, 0.1) is 15.5 Å². The minimum absolute atomic E-state index is 0.0280. The summed E-state index contributed by atoms with van der Waals surface area (Å²) >= 11 is 0. The quantitative estimate of drug-likeness (QED) is 0.0215. The first-order valence-electron chi connectivity index (χ1n) is 21.5. The Morgan fingerprint density at radius 2 is 1.07 bits per heavy atom. The third-order valence-electron chi connectivity index (χ3n) is 10.6. The van der Waals surface area contributed by atoms with Gasteiger partial charge in [-0.3, -0.25) is 14.9 Å². The Bertz CT molecular complexity index is 1690. The largest absolute Gasteiger partial charge is 0.494 e. The van der Waals surface area contributed by atoms with Gasteiger partial charge in [-0.15, -0.1) is 10.2 Å². The third kappa shape index (κ3) is 17.3. The fraction of sp³-hybridized carbons (Fsp3) is 0.587. The second-order valence-corrected chi connectivity index (χ2v) is 15.5.